The summed E-state index contributed by atoms with van der Waals surface area (Å²) in [5.74, 6) is -0.197. The Morgan fingerprint density at radius 3 is 2.83 bits per heavy atom. The maximum absolute atomic E-state index is 12.6. The maximum atomic E-state index is 12.6. The number of aryl methyl sites for hydroxylation is 2. The van der Waals surface area contributed by atoms with Crippen molar-refractivity contribution in [1.29, 1.82) is 0 Å². The molecule has 5 heteroatoms. The third-order valence-electron chi connectivity index (χ3n) is 4.15. The predicted octanol–water partition coefficient (Wildman–Crippen LogP) is 4.24. The number of carbonyl (C=O) groups is 2. The fourth-order valence-electron chi connectivity index (χ4n) is 2.74. The summed E-state index contributed by atoms with van der Waals surface area (Å²) in [4.78, 5) is 25.4. The van der Waals surface area contributed by atoms with Gasteiger partial charge in [-0.2, -0.15) is 0 Å². The molecule has 2 aromatic carbocycles. The topological polar surface area (TPSA) is 58.2 Å². The van der Waals surface area contributed by atoms with Gasteiger partial charge in [0.2, 0.25) is 5.91 Å². The molecule has 0 saturated carbocycles. The molecule has 2 amide bonds. The number of benzene rings is 2. The first-order valence-electron chi connectivity index (χ1n) is 8.01. The van der Waals surface area contributed by atoms with E-state index in [2.05, 4.69) is 17.6 Å². The molecule has 1 aliphatic heterocycles. The van der Waals surface area contributed by atoms with Crippen LogP contribution in [0.1, 0.15) is 35.3 Å². The van der Waals surface area contributed by atoms with Crippen LogP contribution in [0.15, 0.2) is 41.3 Å². The van der Waals surface area contributed by atoms with Crippen molar-refractivity contribution in [1.82, 2.24) is 0 Å². The molecule has 0 saturated heterocycles. The Kier molecular flexibility index (Phi) is 4.62. The van der Waals surface area contributed by atoms with E-state index in [1.54, 1.807) is 12.1 Å². The van der Waals surface area contributed by atoms with Gasteiger partial charge in [-0.25, -0.2) is 0 Å². The van der Waals surface area contributed by atoms with Crippen LogP contribution in [0.2, 0.25) is 0 Å². The molecule has 2 N–H and O–H groups in total. The summed E-state index contributed by atoms with van der Waals surface area (Å²) >= 11 is 1.51. The van der Waals surface area contributed by atoms with Gasteiger partial charge in [-0.05, 0) is 49.6 Å². The lowest BCUT2D eigenvalue weighted by molar-refractivity contribution is -0.115. The molecule has 24 heavy (non-hydrogen) atoms. The Balaban J connectivity index is 1.87. The van der Waals surface area contributed by atoms with E-state index in [0.717, 1.165) is 28.1 Å². The van der Waals surface area contributed by atoms with Crippen molar-refractivity contribution in [2.24, 2.45) is 0 Å². The van der Waals surface area contributed by atoms with Crippen molar-refractivity contribution < 1.29 is 9.59 Å². The molecule has 0 bridgehead atoms. The SMILES string of the molecule is CCc1cccc(C)c1NC(=O)c1ccc2c(c1)NC(=O)C(C)S2. The molecule has 3 rings (SSSR count). The number of hydrogen-bond acceptors (Lipinski definition) is 3. The van der Waals surface area contributed by atoms with Crippen LogP contribution in [0.5, 0.6) is 0 Å². The van der Waals surface area contributed by atoms with Gasteiger partial charge < -0.3 is 10.6 Å². The van der Waals surface area contributed by atoms with Crippen LogP contribution in [0.3, 0.4) is 0 Å². The van der Waals surface area contributed by atoms with Gasteiger partial charge in [0.25, 0.3) is 5.91 Å². The second-order valence-corrected chi connectivity index (χ2v) is 7.26. The molecule has 1 atom stereocenters. The number of amides is 2. The van der Waals surface area contributed by atoms with Crippen molar-refractivity contribution in [3.05, 3.63) is 53.1 Å². The van der Waals surface area contributed by atoms with Crippen LogP contribution >= 0.6 is 11.8 Å². The molecule has 4 nitrogen and oxygen atoms in total. The third kappa shape index (κ3) is 3.17. The van der Waals surface area contributed by atoms with Gasteiger partial charge in [0, 0.05) is 16.1 Å². The van der Waals surface area contributed by atoms with Gasteiger partial charge >= 0.3 is 0 Å². The van der Waals surface area contributed by atoms with E-state index in [9.17, 15) is 9.59 Å². The molecule has 1 heterocycles. The van der Waals surface area contributed by atoms with E-state index in [-0.39, 0.29) is 17.1 Å². The minimum absolute atomic E-state index is 0.0303. The number of thioether (sulfide) groups is 1. The van der Waals surface area contributed by atoms with E-state index < -0.39 is 0 Å². The second kappa shape index (κ2) is 6.69. The number of rotatable bonds is 3. The van der Waals surface area contributed by atoms with Crippen LogP contribution in [-0.2, 0) is 11.2 Å². The van der Waals surface area contributed by atoms with E-state index in [4.69, 9.17) is 0 Å². The normalized spacial score (nSPS) is 16.3. The quantitative estimate of drug-likeness (QED) is 0.878. The molecule has 124 valence electrons. The molecule has 0 aromatic heterocycles. The first kappa shape index (κ1) is 16.6. The number of hydrogen-bond donors (Lipinski definition) is 2. The van der Waals surface area contributed by atoms with Crippen LogP contribution < -0.4 is 10.6 Å². The summed E-state index contributed by atoms with van der Waals surface area (Å²) in [6.45, 7) is 5.92. The lowest BCUT2D eigenvalue weighted by Crippen LogP contribution is -2.26. The van der Waals surface area contributed by atoms with Gasteiger partial charge in [-0.1, -0.05) is 25.1 Å². The number of nitrogens with one attached hydrogen (secondary N) is 2. The average molecular weight is 340 g/mol. The Hall–Kier alpha value is -2.27. The van der Waals surface area contributed by atoms with Crippen molar-refractivity contribution in [2.75, 3.05) is 10.6 Å². The van der Waals surface area contributed by atoms with E-state index in [0.29, 0.717) is 11.3 Å². The highest BCUT2D eigenvalue weighted by Crippen LogP contribution is 2.36. The average Bonchev–Trinajstić information content (AvgIpc) is 2.57. The minimum atomic E-state index is -0.167. The minimum Gasteiger partial charge on any atom is -0.324 e. The molecule has 0 fully saturated rings. The predicted molar refractivity (Wildman–Crippen MR) is 98.9 cm³/mol. The van der Waals surface area contributed by atoms with Crippen molar-refractivity contribution in [2.45, 2.75) is 37.3 Å². The highest BCUT2D eigenvalue weighted by molar-refractivity contribution is 8.00. The Bertz CT molecular complexity index is 817. The zero-order valence-electron chi connectivity index (χ0n) is 14.0. The number of anilines is 2. The van der Waals surface area contributed by atoms with Crippen LogP contribution in [-0.4, -0.2) is 17.1 Å². The molecule has 0 aliphatic carbocycles. The lowest BCUT2D eigenvalue weighted by atomic mass is 10.1. The summed E-state index contributed by atoms with van der Waals surface area (Å²) in [6.07, 6.45) is 0.853. The zero-order valence-corrected chi connectivity index (χ0v) is 14.8. The van der Waals surface area contributed by atoms with Gasteiger partial charge in [0.05, 0.1) is 10.9 Å². The highest BCUT2D eigenvalue weighted by atomic mass is 32.2. The number of carbonyl (C=O) groups excluding carboxylic acids is 2. The van der Waals surface area contributed by atoms with E-state index >= 15 is 0 Å². The molecule has 2 aromatic rings. The standard InChI is InChI=1S/C19H20N2O2S/c1-4-13-7-5-6-11(2)17(13)21-19(23)14-8-9-16-15(10-14)20-18(22)12(3)24-16/h5-10,12H,4H2,1-3H3,(H,20,22)(H,21,23). The van der Waals surface area contributed by atoms with Crippen molar-refractivity contribution in [3.63, 3.8) is 0 Å². The smallest absolute Gasteiger partial charge is 0.255 e. The highest BCUT2D eigenvalue weighted by Gasteiger charge is 2.24. The number of para-hydroxylation sites is 1. The third-order valence-corrected chi connectivity index (χ3v) is 5.33. The summed E-state index contributed by atoms with van der Waals surface area (Å²) in [5.41, 5.74) is 4.26. The largest absolute Gasteiger partial charge is 0.324 e. The van der Waals surface area contributed by atoms with E-state index in [1.165, 1.54) is 11.8 Å². The molecule has 1 unspecified atom stereocenters. The fourth-order valence-corrected chi connectivity index (χ4v) is 3.67. The van der Waals surface area contributed by atoms with E-state index in [1.807, 2.05) is 38.1 Å². The van der Waals surface area contributed by atoms with Crippen molar-refractivity contribution in [3.8, 4) is 0 Å². The van der Waals surface area contributed by atoms with Crippen LogP contribution in [0.25, 0.3) is 0 Å². The Morgan fingerprint density at radius 1 is 1.29 bits per heavy atom. The van der Waals surface area contributed by atoms with Gasteiger partial charge in [0.15, 0.2) is 0 Å². The number of fused-ring (bicyclic) bond motifs is 1. The summed E-state index contributed by atoms with van der Waals surface area (Å²) < 4.78 is 0. The van der Waals surface area contributed by atoms with Crippen LogP contribution in [0, 0.1) is 6.92 Å². The summed E-state index contributed by atoms with van der Waals surface area (Å²) in [7, 11) is 0. The van der Waals surface area contributed by atoms with Crippen molar-refractivity contribution >= 4 is 35.0 Å². The molecular weight excluding hydrogens is 320 g/mol. The monoisotopic (exact) mass is 340 g/mol. The Labute approximate surface area is 146 Å². The maximum Gasteiger partial charge on any atom is 0.255 e. The van der Waals surface area contributed by atoms with Gasteiger partial charge in [-0.15, -0.1) is 11.8 Å². The molecular formula is C19H20N2O2S. The fraction of sp³-hybridized carbons (Fsp3) is 0.263. The second-order valence-electron chi connectivity index (χ2n) is 5.88. The summed E-state index contributed by atoms with van der Waals surface area (Å²) in [6, 6.07) is 11.4. The molecule has 1 aliphatic rings. The molecule has 0 radical (unpaired) electrons. The first-order chi connectivity index (χ1) is 11.5. The van der Waals surface area contributed by atoms with Gasteiger partial charge in [-0.3, -0.25) is 9.59 Å². The zero-order chi connectivity index (χ0) is 17.3. The Morgan fingerprint density at radius 2 is 2.08 bits per heavy atom. The lowest BCUT2D eigenvalue weighted by Gasteiger charge is -2.22. The first-order valence-corrected chi connectivity index (χ1v) is 8.89. The summed E-state index contributed by atoms with van der Waals surface area (Å²) in [5, 5.41) is 5.76. The van der Waals surface area contributed by atoms with Crippen LogP contribution in [0.4, 0.5) is 11.4 Å². The van der Waals surface area contributed by atoms with Gasteiger partial charge in [0.1, 0.15) is 0 Å². The molecule has 0 spiro atoms.